The van der Waals surface area contributed by atoms with E-state index in [4.69, 9.17) is 23.2 Å². The van der Waals surface area contributed by atoms with Crippen molar-refractivity contribution < 1.29 is 13.2 Å². The summed E-state index contributed by atoms with van der Waals surface area (Å²) in [6, 6.07) is 10.4. The Labute approximate surface area is 139 Å². The average Bonchev–Trinajstić information content (AvgIpc) is 2.41. The fourth-order valence-electron chi connectivity index (χ4n) is 1.91. The molecule has 112 valence electrons. The van der Waals surface area contributed by atoms with Crippen molar-refractivity contribution in [2.75, 3.05) is 0 Å². The molecule has 0 aliphatic carbocycles. The maximum Gasteiger partial charge on any atom is 0.416 e. The first-order valence-corrected chi connectivity index (χ1v) is 7.70. The van der Waals surface area contributed by atoms with E-state index in [1.54, 1.807) is 12.1 Å². The Balaban J connectivity index is 2.16. The molecule has 2 aromatic rings. The Kier molecular flexibility index (Phi) is 5.23. The molecule has 6 heteroatoms. The molecule has 0 fully saturated rings. The van der Waals surface area contributed by atoms with Gasteiger partial charge in [-0.05, 0) is 35.7 Å². The summed E-state index contributed by atoms with van der Waals surface area (Å²) in [5, 5.41) is 0.902. The molecule has 21 heavy (non-hydrogen) atoms. The number of halogens is 6. The van der Waals surface area contributed by atoms with Crippen LogP contribution in [-0.4, -0.2) is 0 Å². The van der Waals surface area contributed by atoms with Crippen LogP contribution in [0.3, 0.4) is 0 Å². The lowest BCUT2D eigenvalue weighted by Gasteiger charge is -2.14. The van der Waals surface area contributed by atoms with Crippen molar-refractivity contribution >= 4 is 39.1 Å². The lowest BCUT2D eigenvalue weighted by atomic mass is 10.0. The average molecular weight is 398 g/mol. The van der Waals surface area contributed by atoms with E-state index in [1.807, 2.05) is 6.07 Å². The van der Waals surface area contributed by atoms with E-state index in [0.29, 0.717) is 16.5 Å². The molecule has 2 aromatic carbocycles. The molecule has 0 saturated heterocycles. The minimum atomic E-state index is -4.32. The molecular formula is C15H10BrCl2F3. The summed E-state index contributed by atoms with van der Waals surface area (Å²) in [4.78, 5) is -0.125. The third-order valence-corrected chi connectivity index (χ3v) is 4.67. The minimum absolute atomic E-state index is 0.125. The molecule has 1 unspecified atom stereocenters. The zero-order valence-electron chi connectivity index (χ0n) is 10.6. The van der Waals surface area contributed by atoms with Crippen LogP contribution in [-0.2, 0) is 12.6 Å². The third kappa shape index (κ3) is 4.15. The van der Waals surface area contributed by atoms with E-state index in [1.165, 1.54) is 12.1 Å². The minimum Gasteiger partial charge on any atom is -0.166 e. The van der Waals surface area contributed by atoms with E-state index in [2.05, 4.69) is 15.9 Å². The van der Waals surface area contributed by atoms with Gasteiger partial charge in [0.2, 0.25) is 0 Å². The second-order valence-electron chi connectivity index (χ2n) is 4.51. The van der Waals surface area contributed by atoms with Crippen molar-refractivity contribution in [3.05, 3.63) is 69.2 Å². The lowest BCUT2D eigenvalue weighted by Crippen LogP contribution is -2.05. The van der Waals surface area contributed by atoms with Gasteiger partial charge in [0.1, 0.15) is 0 Å². The maximum absolute atomic E-state index is 12.5. The number of hydrogen-bond acceptors (Lipinski definition) is 0. The molecule has 2 rings (SSSR count). The van der Waals surface area contributed by atoms with E-state index >= 15 is 0 Å². The highest BCUT2D eigenvalue weighted by Gasteiger charge is 2.30. The fraction of sp³-hybridized carbons (Fsp3) is 0.200. The molecule has 0 amide bonds. The Hall–Kier alpha value is -0.710. The summed E-state index contributed by atoms with van der Waals surface area (Å²) in [5.41, 5.74) is 0.933. The van der Waals surface area contributed by atoms with Gasteiger partial charge in [-0.15, -0.1) is 0 Å². The SMILES string of the molecule is FC(F)(F)c1ccc(CC(Br)c2cccc(Cl)c2Cl)cc1. The van der Waals surface area contributed by atoms with Crippen molar-refractivity contribution in [1.29, 1.82) is 0 Å². The largest absolute Gasteiger partial charge is 0.416 e. The highest BCUT2D eigenvalue weighted by molar-refractivity contribution is 9.09. The van der Waals surface area contributed by atoms with Crippen molar-refractivity contribution in [1.82, 2.24) is 0 Å². The third-order valence-electron chi connectivity index (χ3n) is 3.02. The number of hydrogen-bond donors (Lipinski definition) is 0. The smallest absolute Gasteiger partial charge is 0.166 e. The number of benzene rings is 2. The fourth-order valence-corrected chi connectivity index (χ4v) is 3.24. The Morgan fingerprint density at radius 3 is 2.19 bits per heavy atom. The Morgan fingerprint density at radius 1 is 1.00 bits per heavy atom. The van der Waals surface area contributed by atoms with Crippen molar-refractivity contribution in [3.63, 3.8) is 0 Å². The first-order valence-electron chi connectivity index (χ1n) is 6.03. The topological polar surface area (TPSA) is 0 Å². The van der Waals surface area contributed by atoms with Gasteiger partial charge in [0, 0.05) is 4.83 Å². The number of rotatable bonds is 3. The Morgan fingerprint density at radius 2 is 1.62 bits per heavy atom. The van der Waals surface area contributed by atoms with E-state index in [-0.39, 0.29) is 4.83 Å². The van der Waals surface area contributed by atoms with Gasteiger partial charge in [-0.1, -0.05) is 63.4 Å². The molecule has 0 saturated carbocycles. The van der Waals surface area contributed by atoms with Gasteiger partial charge in [-0.3, -0.25) is 0 Å². The van der Waals surface area contributed by atoms with Crippen LogP contribution in [0.1, 0.15) is 21.5 Å². The van der Waals surface area contributed by atoms with E-state index < -0.39 is 11.7 Å². The summed E-state index contributed by atoms with van der Waals surface area (Å²) in [5.74, 6) is 0. The summed E-state index contributed by atoms with van der Waals surface area (Å²) < 4.78 is 37.5. The summed E-state index contributed by atoms with van der Waals surface area (Å²) in [7, 11) is 0. The van der Waals surface area contributed by atoms with Crippen LogP contribution in [0.25, 0.3) is 0 Å². The van der Waals surface area contributed by atoms with Gasteiger partial charge in [-0.2, -0.15) is 13.2 Å². The molecule has 0 aromatic heterocycles. The van der Waals surface area contributed by atoms with E-state index in [9.17, 15) is 13.2 Å². The van der Waals surface area contributed by atoms with Gasteiger partial charge >= 0.3 is 6.18 Å². The van der Waals surface area contributed by atoms with Crippen LogP contribution in [0.15, 0.2) is 42.5 Å². The van der Waals surface area contributed by atoms with Crippen LogP contribution in [0.2, 0.25) is 10.0 Å². The van der Waals surface area contributed by atoms with Crippen molar-refractivity contribution in [2.24, 2.45) is 0 Å². The second kappa shape index (κ2) is 6.59. The van der Waals surface area contributed by atoms with Crippen molar-refractivity contribution in [3.8, 4) is 0 Å². The molecule has 0 radical (unpaired) electrons. The van der Waals surface area contributed by atoms with Gasteiger partial charge in [-0.25, -0.2) is 0 Å². The summed E-state index contributed by atoms with van der Waals surface area (Å²) >= 11 is 15.6. The zero-order chi connectivity index (χ0) is 15.6. The van der Waals surface area contributed by atoms with Crippen LogP contribution < -0.4 is 0 Å². The predicted octanol–water partition coefficient (Wildman–Crippen LogP) is 6.69. The van der Waals surface area contributed by atoms with Crippen LogP contribution >= 0.6 is 39.1 Å². The second-order valence-corrected chi connectivity index (χ2v) is 6.40. The Bertz CT molecular complexity index is 624. The van der Waals surface area contributed by atoms with Crippen LogP contribution in [0, 0.1) is 0 Å². The molecule has 0 aliphatic heterocycles. The monoisotopic (exact) mass is 396 g/mol. The zero-order valence-corrected chi connectivity index (χ0v) is 13.7. The molecule has 0 spiro atoms. The highest BCUT2D eigenvalue weighted by atomic mass is 79.9. The van der Waals surface area contributed by atoms with E-state index in [0.717, 1.165) is 23.3 Å². The van der Waals surface area contributed by atoms with Crippen LogP contribution in [0.4, 0.5) is 13.2 Å². The maximum atomic E-state index is 12.5. The summed E-state index contributed by atoms with van der Waals surface area (Å²) in [6.45, 7) is 0. The summed E-state index contributed by atoms with van der Waals surface area (Å²) in [6.07, 6.45) is -3.80. The quantitative estimate of drug-likeness (QED) is 0.506. The molecule has 1 atom stereocenters. The molecule has 0 bridgehead atoms. The lowest BCUT2D eigenvalue weighted by molar-refractivity contribution is -0.137. The molecule has 0 N–H and O–H groups in total. The molecule has 0 nitrogen and oxygen atoms in total. The molecule has 0 heterocycles. The van der Waals surface area contributed by atoms with Gasteiger partial charge in [0.15, 0.2) is 0 Å². The first-order chi connectivity index (χ1) is 9.79. The number of alkyl halides is 4. The van der Waals surface area contributed by atoms with Gasteiger partial charge in [0.25, 0.3) is 0 Å². The standard InChI is InChI=1S/C15H10BrCl2F3/c16-12(11-2-1-3-13(17)14(11)18)8-9-4-6-10(7-5-9)15(19,20)21/h1-7,12H,8H2. The molecule has 0 aliphatic rings. The first kappa shape index (κ1) is 16.7. The van der Waals surface area contributed by atoms with Crippen molar-refractivity contribution in [2.45, 2.75) is 17.4 Å². The highest BCUT2D eigenvalue weighted by Crippen LogP contribution is 2.36. The van der Waals surface area contributed by atoms with Gasteiger partial charge in [0.05, 0.1) is 15.6 Å². The predicted molar refractivity (Wildman–Crippen MR) is 83.3 cm³/mol. The van der Waals surface area contributed by atoms with Crippen LogP contribution in [0.5, 0.6) is 0 Å². The normalized spacial score (nSPS) is 13.2. The van der Waals surface area contributed by atoms with Gasteiger partial charge < -0.3 is 0 Å². The molecular weight excluding hydrogens is 388 g/mol.